The molecular weight excluding hydrogens is 461 g/mol. The van der Waals surface area contributed by atoms with Crippen LogP contribution in [0.2, 0.25) is 0 Å². The van der Waals surface area contributed by atoms with Crippen molar-refractivity contribution in [1.29, 1.82) is 0 Å². The summed E-state index contributed by atoms with van der Waals surface area (Å²) in [5.41, 5.74) is 3.22. The molecule has 2 unspecified atom stereocenters. The molecule has 0 radical (unpaired) electrons. The molecule has 190 valence electrons. The van der Waals surface area contributed by atoms with Crippen LogP contribution in [0.4, 0.5) is 4.39 Å². The molecule has 2 aliphatic carbocycles. The third-order valence-corrected chi connectivity index (χ3v) is 7.26. The number of carbonyl (C=O) groups is 2. The molecule has 0 spiro atoms. The average molecular weight is 494 g/mol. The first-order valence-corrected chi connectivity index (χ1v) is 12.6. The Balaban J connectivity index is 1.40. The molecule has 8 nitrogen and oxygen atoms in total. The zero-order chi connectivity index (χ0) is 25.4. The maximum Gasteiger partial charge on any atom is 0.255 e. The van der Waals surface area contributed by atoms with Crippen LogP contribution >= 0.6 is 0 Å². The lowest BCUT2D eigenvalue weighted by atomic mass is 9.82. The SMILES string of the molecule is CC(=O)NC1CC[C@H](NC(=O)c2c(C)[nH]c3c(-c4cc(F)ccc4OCC4CC4)ncnc23)CC1C. The molecule has 3 aromatic rings. The van der Waals surface area contributed by atoms with E-state index in [1.54, 1.807) is 6.07 Å². The van der Waals surface area contributed by atoms with Gasteiger partial charge in [-0.1, -0.05) is 6.92 Å². The summed E-state index contributed by atoms with van der Waals surface area (Å²) in [4.78, 5) is 36.9. The fourth-order valence-electron chi connectivity index (χ4n) is 5.17. The molecule has 5 rings (SSSR count). The third kappa shape index (κ3) is 5.05. The van der Waals surface area contributed by atoms with Gasteiger partial charge in [0.2, 0.25) is 5.91 Å². The van der Waals surface area contributed by atoms with Crippen LogP contribution in [-0.4, -0.2) is 45.5 Å². The number of hydrogen-bond donors (Lipinski definition) is 3. The standard InChI is InChI=1S/C27H32FN5O3/c1-14-10-19(7-8-21(14)32-16(3)34)33-27(35)23-15(2)31-26-24(29-13-30-25(23)26)20-11-18(28)6-9-22(20)36-12-17-4-5-17/h6,9,11,13-14,17,19,21,31H,4-5,7-8,10,12H2,1-3H3,(H,32,34)(H,33,35)/t14?,19-,21?/m0/s1. The Bertz CT molecular complexity index is 1300. The second-order valence-electron chi connectivity index (χ2n) is 10.2. The Morgan fingerprint density at radius 2 is 1.97 bits per heavy atom. The number of nitrogens with zero attached hydrogens (tertiary/aromatic N) is 2. The van der Waals surface area contributed by atoms with E-state index in [1.165, 1.54) is 25.4 Å². The molecule has 36 heavy (non-hydrogen) atoms. The number of aryl methyl sites for hydroxylation is 1. The lowest BCUT2D eigenvalue weighted by Gasteiger charge is -2.34. The van der Waals surface area contributed by atoms with Crippen LogP contribution in [-0.2, 0) is 4.79 Å². The Kier molecular flexibility index (Phi) is 6.64. The summed E-state index contributed by atoms with van der Waals surface area (Å²) in [5.74, 6) is 0.745. The minimum absolute atomic E-state index is 0.00816. The second-order valence-corrected chi connectivity index (χ2v) is 10.2. The predicted molar refractivity (Wildman–Crippen MR) is 134 cm³/mol. The molecule has 2 saturated carbocycles. The highest BCUT2D eigenvalue weighted by Gasteiger charge is 2.30. The molecule has 9 heteroatoms. The van der Waals surface area contributed by atoms with Crippen LogP contribution in [0.3, 0.4) is 0 Å². The molecule has 1 aromatic carbocycles. The minimum Gasteiger partial charge on any atom is -0.493 e. The fourth-order valence-corrected chi connectivity index (χ4v) is 5.17. The summed E-state index contributed by atoms with van der Waals surface area (Å²) in [6.07, 6.45) is 6.08. The van der Waals surface area contributed by atoms with Gasteiger partial charge >= 0.3 is 0 Å². The molecule has 0 aliphatic heterocycles. The first-order valence-electron chi connectivity index (χ1n) is 12.6. The summed E-state index contributed by atoms with van der Waals surface area (Å²) >= 11 is 0. The highest BCUT2D eigenvalue weighted by Crippen LogP contribution is 2.37. The number of halogens is 1. The van der Waals surface area contributed by atoms with Crippen molar-refractivity contribution in [3.63, 3.8) is 0 Å². The zero-order valence-corrected chi connectivity index (χ0v) is 20.9. The Morgan fingerprint density at radius 3 is 2.69 bits per heavy atom. The maximum atomic E-state index is 14.2. The first-order chi connectivity index (χ1) is 17.3. The quantitative estimate of drug-likeness (QED) is 0.455. The molecule has 2 heterocycles. The number of aromatic amines is 1. The monoisotopic (exact) mass is 493 g/mol. The van der Waals surface area contributed by atoms with Crippen LogP contribution in [0.25, 0.3) is 22.3 Å². The average Bonchev–Trinajstić information content (AvgIpc) is 3.59. The summed E-state index contributed by atoms with van der Waals surface area (Å²) in [7, 11) is 0. The van der Waals surface area contributed by atoms with Gasteiger partial charge in [0.05, 0.1) is 17.7 Å². The highest BCUT2D eigenvalue weighted by atomic mass is 19.1. The smallest absolute Gasteiger partial charge is 0.255 e. The van der Waals surface area contributed by atoms with Gasteiger partial charge in [0.1, 0.15) is 29.1 Å². The van der Waals surface area contributed by atoms with Crippen LogP contribution in [0.15, 0.2) is 24.5 Å². The molecular formula is C27H32FN5O3. The van der Waals surface area contributed by atoms with Crippen molar-refractivity contribution in [2.75, 3.05) is 6.61 Å². The maximum absolute atomic E-state index is 14.2. The fraction of sp³-hybridized carbons (Fsp3) is 0.481. The highest BCUT2D eigenvalue weighted by molar-refractivity contribution is 6.09. The number of amides is 2. The van der Waals surface area contributed by atoms with Crippen LogP contribution < -0.4 is 15.4 Å². The van der Waals surface area contributed by atoms with Gasteiger partial charge in [0.15, 0.2) is 0 Å². The molecule has 2 amide bonds. The normalized spacial score (nSPS) is 21.8. The summed E-state index contributed by atoms with van der Waals surface area (Å²) in [5, 5.41) is 6.17. The lowest BCUT2D eigenvalue weighted by Crippen LogP contribution is -2.47. The largest absolute Gasteiger partial charge is 0.493 e. The van der Waals surface area contributed by atoms with Crippen LogP contribution in [0.5, 0.6) is 5.75 Å². The van der Waals surface area contributed by atoms with E-state index in [0.29, 0.717) is 51.8 Å². The van der Waals surface area contributed by atoms with E-state index in [-0.39, 0.29) is 35.6 Å². The Labute approximate surface area is 209 Å². The third-order valence-electron chi connectivity index (χ3n) is 7.26. The Morgan fingerprint density at radius 1 is 1.17 bits per heavy atom. The van der Waals surface area contributed by atoms with Crippen molar-refractivity contribution in [2.45, 2.75) is 65.0 Å². The number of hydrogen-bond acceptors (Lipinski definition) is 5. The van der Waals surface area contributed by atoms with E-state index >= 15 is 0 Å². The topological polar surface area (TPSA) is 109 Å². The number of aromatic nitrogens is 3. The second kappa shape index (κ2) is 9.87. The van der Waals surface area contributed by atoms with Crippen molar-refractivity contribution in [1.82, 2.24) is 25.6 Å². The van der Waals surface area contributed by atoms with Crippen LogP contribution in [0, 0.1) is 24.6 Å². The van der Waals surface area contributed by atoms with Gasteiger partial charge in [0.25, 0.3) is 5.91 Å². The van der Waals surface area contributed by atoms with Gasteiger partial charge in [0, 0.05) is 30.3 Å². The lowest BCUT2D eigenvalue weighted by molar-refractivity contribution is -0.120. The van der Waals surface area contributed by atoms with Gasteiger partial charge < -0.3 is 20.4 Å². The summed E-state index contributed by atoms with van der Waals surface area (Å²) in [6.45, 7) is 6.04. The summed E-state index contributed by atoms with van der Waals surface area (Å²) < 4.78 is 20.3. The molecule has 2 fully saturated rings. The molecule has 0 saturated heterocycles. The number of carbonyl (C=O) groups excluding carboxylic acids is 2. The van der Waals surface area contributed by atoms with Gasteiger partial charge in [-0.2, -0.15) is 0 Å². The number of ether oxygens (including phenoxy) is 1. The van der Waals surface area contributed by atoms with Crippen LogP contribution in [0.1, 0.15) is 62.0 Å². The van der Waals surface area contributed by atoms with Crippen molar-refractivity contribution in [3.8, 4) is 17.0 Å². The van der Waals surface area contributed by atoms with E-state index in [2.05, 4.69) is 32.5 Å². The molecule has 2 aliphatic rings. The Hall–Kier alpha value is -3.49. The van der Waals surface area contributed by atoms with E-state index in [9.17, 15) is 14.0 Å². The first kappa shape index (κ1) is 24.2. The van der Waals surface area contributed by atoms with E-state index in [0.717, 1.165) is 32.1 Å². The van der Waals surface area contributed by atoms with Crippen molar-refractivity contribution in [2.24, 2.45) is 11.8 Å². The van der Waals surface area contributed by atoms with Gasteiger partial charge in [-0.15, -0.1) is 0 Å². The molecule has 2 aromatic heterocycles. The molecule has 0 bridgehead atoms. The van der Waals surface area contributed by atoms with E-state index in [1.807, 2.05) is 6.92 Å². The zero-order valence-electron chi connectivity index (χ0n) is 20.9. The number of rotatable bonds is 7. The van der Waals surface area contributed by atoms with Gasteiger partial charge in [-0.3, -0.25) is 9.59 Å². The van der Waals surface area contributed by atoms with E-state index in [4.69, 9.17) is 4.74 Å². The molecule has 3 N–H and O–H groups in total. The summed E-state index contributed by atoms with van der Waals surface area (Å²) in [6, 6.07) is 4.56. The van der Waals surface area contributed by atoms with Crippen molar-refractivity contribution < 1.29 is 18.7 Å². The number of nitrogens with one attached hydrogen (secondary N) is 3. The number of H-pyrrole nitrogens is 1. The van der Waals surface area contributed by atoms with Crippen molar-refractivity contribution in [3.05, 3.63) is 41.6 Å². The number of fused-ring (bicyclic) bond motifs is 1. The predicted octanol–water partition coefficient (Wildman–Crippen LogP) is 4.28. The van der Waals surface area contributed by atoms with Gasteiger partial charge in [-0.25, -0.2) is 14.4 Å². The minimum atomic E-state index is -0.388. The van der Waals surface area contributed by atoms with E-state index < -0.39 is 0 Å². The number of benzene rings is 1. The van der Waals surface area contributed by atoms with Crippen molar-refractivity contribution >= 4 is 22.8 Å². The van der Waals surface area contributed by atoms with Gasteiger partial charge in [-0.05, 0) is 69.1 Å². The molecule has 3 atom stereocenters.